The van der Waals surface area contributed by atoms with Gasteiger partial charge in [-0.3, -0.25) is 4.79 Å². The van der Waals surface area contributed by atoms with Gasteiger partial charge in [0.05, 0.1) is 14.2 Å². The molecule has 160 valence electrons. The predicted molar refractivity (Wildman–Crippen MR) is 102 cm³/mol. The summed E-state index contributed by atoms with van der Waals surface area (Å²) >= 11 is 0. The zero-order valence-corrected chi connectivity index (χ0v) is 17.3. The highest BCUT2D eigenvalue weighted by molar-refractivity contribution is 5.94. The molecular formula is C20H27NO8. The lowest BCUT2D eigenvalue weighted by molar-refractivity contribution is -0.147. The summed E-state index contributed by atoms with van der Waals surface area (Å²) in [4.78, 5) is 49.7. The first-order valence-corrected chi connectivity index (χ1v) is 8.96. The van der Waals surface area contributed by atoms with Gasteiger partial charge in [0.15, 0.2) is 0 Å². The standard InChI is InChI=1S/C20H27NO8/c1-20(2,3)29-19(25)21(15(17(23)27-5)11-12-16(22)26-4)18(24)28-13-14-9-7-6-8-10-14/h6-10,15H,11-13H2,1-5H3/t15-/m0/s1. The second-order valence-corrected chi connectivity index (χ2v) is 7.04. The van der Waals surface area contributed by atoms with E-state index in [0.717, 1.165) is 7.11 Å². The van der Waals surface area contributed by atoms with E-state index in [-0.39, 0.29) is 19.4 Å². The number of benzene rings is 1. The van der Waals surface area contributed by atoms with Gasteiger partial charge in [-0.1, -0.05) is 30.3 Å². The number of imide groups is 1. The Balaban J connectivity index is 3.10. The maximum Gasteiger partial charge on any atom is 0.420 e. The molecule has 0 saturated heterocycles. The third-order valence-corrected chi connectivity index (χ3v) is 3.63. The quantitative estimate of drug-likeness (QED) is 0.499. The van der Waals surface area contributed by atoms with Crippen LogP contribution >= 0.6 is 0 Å². The molecular weight excluding hydrogens is 382 g/mol. The highest BCUT2D eigenvalue weighted by atomic mass is 16.6. The Morgan fingerprint density at radius 1 is 0.966 bits per heavy atom. The molecule has 0 bridgehead atoms. The summed E-state index contributed by atoms with van der Waals surface area (Å²) < 4.78 is 19.7. The van der Waals surface area contributed by atoms with Crippen molar-refractivity contribution in [2.75, 3.05) is 14.2 Å². The van der Waals surface area contributed by atoms with Gasteiger partial charge in [-0.15, -0.1) is 0 Å². The first-order chi connectivity index (χ1) is 13.6. The zero-order valence-electron chi connectivity index (χ0n) is 17.3. The smallest absolute Gasteiger partial charge is 0.420 e. The summed E-state index contributed by atoms with van der Waals surface area (Å²) in [5.74, 6) is -1.50. The lowest BCUT2D eigenvalue weighted by atomic mass is 10.1. The summed E-state index contributed by atoms with van der Waals surface area (Å²) in [7, 11) is 2.30. The van der Waals surface area contributed by atoms with Gasteiger partial charge in [0, 0.05) is 6.42 Å². The molecule has 0 aliphatic carbocycles. The molecule has 1 rings (SSSR count). The van der Waals surface area contributed by atoms with Crippen LogP contribution in [0.5, 0.6) is 0 Å². The Kier molecular flexibility index (Phi) is 9.11. The van der Waals surface area contributed by atoms with Crippen molar-refractivity contribution < 1.29 is 38.1 Å². The van der Waals surface area contributed by atoms with Crippen LogP contribution in [0.1, 0.15) is 39.2 Å². The second kappa shape index (κ2) is 11.0. The van der Waals surface area contributed by atoms with E-state index in [1.807, 2.05) is 0 Å². The van der Waals surface area contributed by atoms with Gasteiger partial charge in [-0.2, -0.15) is 4.90 Å². The highest BCUT2D eigenvalue weighted by Gasteiger charge is 2.39. The molecule has 0 heterocycles. The molecule has 1 aromatic rings. The first-order valence-electron chi connectivity index (χ1n) is 8.96. The molecule has 0 saturated carbocycles. The monoisotopic (exact) mass is 409 g/mol. The fraction of sp³-hybridized carbons (Fsp3) is 0.500. The predicted octanol–water partition coefficient (Wildman–Crippen LogP) is 3.06. The number of rotatable bonds is 7. The molecule has 29 heavy (non-hydrogen) atoms. The Morgan fingerprint density at radius 2 is 1.59 bits per heavy atom. The number of carbonyl (C=O) groups is 4. The molecule has 2 amide bonds. The summed E-state index contributed by atoms with van der Waals surface area (Å²) in [5.41, 5.74) is -0.243. The minimum Gasteiger partial charge on any atom is -0.469 e. The minimum absolute atomic E-state index is 0.121. The molecule has 0 unspecified atom stereocenters. The fourth-order valence-electron chi connectivity index (χ4n) is 2.27. The molecule has 1 atom stereocenters. The van der Waals surface area contributed by atoms with Crippen molar-refractivity contribution in [1.82, 2.24) is 4.90 Å². The van der Waals surface area contributed by atoms with Gasteiger partial charge < -0.3 is 18.9 Å². The largest absolute Gasteiger partial charge is 0.469 e. The van der Waals surface area contributed by atoms with E-state index in [2.05, 4.69) is 4.74 Å². The maximum atomic E-state index is 12.7. The molecule has 0 radical (unpaired) electrons. The average molecular weight is 409 g/mol. The number of ether oxygens (including phenoxy) is 4. The van der Waals surface area contributed by atoms with Gasteiger partial charge >= 0.3 is 24.1 Å². The van der Waals surface area contributed by atoms with Crippen LogP contribution in [0.15, 0.2) is 30.3 Å². The number of carbonyl (C=O) groups excluding carboxylic acids is 4. The minimum atomic E-state index is -1.42. The molecule has 9 nitrogen and oxygen atoms in total. The average Bonchev–Trinajstić information content (AvgIpc) is 2.67. The Hall–Kier alpha value is -3.10. The van der Waals surface area contributed by atoms with Crippen LogP contribution in [-0.2, 0) is 35.1 Å². The van der Waals surface area contributed by atoms with E-state index in [1.165, 1.54) is 7.11 Å². The van der Waals surface area contributed by atoms with Crippen LogP contribution < -0.4 is 0 Å². The van der Waals surface area contributed by atoms with Crippen LogP contribution in [0.25, 0.3) is 0 Å². The Bertz CT molecular complexity index is 711. The molecule has 0 aromatic heterocycles. The van der Waals surface area contributed by atoms with E-state index in [4.69, 9.17) is 14.2 Å². The zero-order chi connectivity index (χ0) is 22.0. The second-order valence-electron chi connectivity index (χ2n) is 7.04. The molecule has 0 N–H and O–H groups in total. The molecule has 0 spiro atoms. The summed E-state index contributed by atoms with van der Waals surface area (Å²) in [5, 5.41) is 0. The Labute approximate surface area is 169 Å². The third kappa shape index (κ3) is 8.20. The third-order valence-electron chi connectivity index (χ3n) is 3.63. The number of esters is 2. The van der Waals surface area contributed by atoms with Gasteiger partial charge in [-0.05, 0) is 32.8 Å². The number of amides is 2. The van der Waals surface area contributed by atoms with Crippen LogP contribution in [0.3, 0.4) is 0 Å². The van der Waals surface area contributed by atoms with Crippen molar-refractivity contribution in [3.8, 4) is 0 Å². The summed E-state index contributed by atoms with van der Waals surface area (Å²) in [6.07, 6.45) is -2.61. The molecule has 0 aliphatic heterocycles. The van der Waals surface area contributed by atoms with Crippen LogP contribution in [0.4, 0.5) is 9.59 Å². The van der Waals surface area contributed by atoms with E-state index in [0.29, 0.717) is 10.5 Å². The molecule has 0 fully saturated rings. The SMILES string of the molecule is COC(=O)CC[C@@H](C(=O)OC)N(C(=O)OCc1ccccc1)C(=O)OC(C)(C)C. The topological polar surface area (TPSA) is 108 Å². The normalized spacial score (nSPS) is 11.8. The molecule has 0 aliphatic rings. The summed E-state index contributed by atoms with van der Waals surface area (Å²) in [6.45, 7) is 4.71. The van der Waals surface area contributed by atoms with E-state index >= 15 is 0 Å². The lowest BCUT2D eigenvalue weighted by Crippen LogP contribution is -2.51. The Morgan fingerprint density at radius 3 is 2.10 bits per heavy atom. The van der Waals surface area contributed by atoms with Crippen LogP contribution in [0.2, 0.25) is 0 Å². The number of hydrogen-bond acceptors (Lipinski definition) is 8. The lowest BCUT2D eigenvalue weighted by Gasteiger charge is -2.29. The van der Waals surface area contributed by atoms with Gasteiger partial charge in [-0.25, -0.2) is 14.4 Å². The van der Waals surface area contributed by atoms with Gasteiger partial charge in [0.2, 0.25) is 0 Å². The number of methoxy groups -OCH3 is 2. The van der Waals surface area contributed by atoms with Gasteiger partial charge in [0.25, 0.3) is 0 Å². The van der Waals surface area contributed by atoms with Crippen molar-refractivity contribution in [3.05, 3.63) is 35.9 Å². The molecule has 9 heteroatoms. The fourth-order valence-corrected chi connectivity index (χ4v) is 2.27. The van der Waals surface area contributed by atoms with Crippen molar-refractivity contribution in [3.63, 3.8) is 0 Å². The molecule has 1 aromatic carbocycles. The van der Waals surface area contributed by atoms with E-state index in [1.54, 1.807) is 51.1 Å². The number of hydrogen-bond donors (Lipinski definition) is 0. The van der Waals surface area contributed by atoms with Crippen molar-refractivity contribution in [1.29, 1.82) is 0 Å². The first kappa shape index (κ1) is 23.9. The van der Waals surface area contributed by atoms with E-state index < -0.39 is 35.8 Å². The maximum absolute atomic E-state index is 12.7. The highest BCUT2D eigenvalue weighted by Crippen LogP contribution is 2.18. The van der Waals surface area contributed by atoms with Crippen molar-refractivity contribution in [2.24, 2.45) is 0 Å². The van der Waals surface area contributed by atoms with Gasteiger partial charge in [0.1, 0.15) is 18.2 Å². The van der Waals surface area contributed by atoms with Crippen molar-refractivity contribution >= 4 is 24.1 Å². The van der Waals surface area contributed by atoms with Crippen LogP contribution in [-0.4, -0.2) is 54.9 Å². The van der Waals surface area contributed by atoms with E-state index in [9.17, 15) is 19.2 Å². The summed E-state index contributed by atoms with van der Waals surface area (Å²) in [6, 6.07) is 7.39. The number of nitrogens with zero attached hydrogens (tertiary/aromatic N) is 1. The van der Waals surface area contributed by atoms with Crippen LogP contribution in [0, 0.1) is 0 Å². The van der Waals surface area contributed by atoms with Crippen molar-refractivity contribution in [2.45, 2.75) is 51.9 Å².